The highest BCUT2D eigenvalue weighted by atomic mass is 16.2. The molecule has 2 aromatic carbocycles. The molecule has 0 aliphatic carbocycles. The predicted octanol–water partition coefficient (Wildman–Crippen LogP) is 3.29. The molecule has 0 unspecified atom stereocenters. The van der Waals surface area contributed by atoms with Gasteiger partial charge in [-0.25, -0.2) is 0 Å². The van der Waals surface area contributed by atoms with Crippen molar-refractivity contribution in [3.63, 3.8) is 0 Å². The Bertz CT molecular complexity index is 764. The van der Waals surface area contributed by atoms with Crippen LogP contribution in [-0.2, 0) is 9.59 Å². The minimum absolute atomic E-state index is 0.191. The first kappa shape index (κ1) is 15.0. The largest absolute Gasteiger partial charge is 0.350 e. The molecule has 0 atom stereocenters. The summed E-state index contributed by atoms with van der Waals surface area (Å²) in [6.45, 7) is 3.67. The Morgan fingerprint density at radius 3 is 1.96 bits per heavy atom. The molecule has 23 heavy (non-hydrogen) atoms. The van der Waals surface area contributed by atoms with Crippen LogP contribution in [-0.4, -0.2) is 22.8 Å². The molecule has 0 radical (unpaired) electrons. The van der Waals surface area contributed by atoms with Gasteiger partial charge in [0, 0.05) is 11.7 Å². The average molecular weight is 306 g/mol. The maximum absolute atomic E-state index is 12.8. The minimum atomic E-state index is -0.285. The number of imide groups is 1. The zero-order chi connectivity index (χ0) is 16.4. The molecule has 1 heterocycles. The van der Waals surface area contributed by atoms with E-state index in [2.05, 4.69) is 5.32 Å². The van der Waals surface area contributed by atoms with E-state index < -0.39 is 0 Å². The third-order valence-corrected chi connectivity index (χ3v) is 3.74. The number of rotatable bonds is 4. The molecule has 1 aliphatic rings. The molecule has 0 bridgehead atoms. The summed E-state index contributed by atoms with van der Waals surface area (Å²) >= 11 is 0. The second-order valence-electron chi connectivity index (χ2n) is 5.68. The zero-order valence-corrected chi connectivity index (χ0v) is 13.1. The number of amides is 2. The van der Waals surface area contributed by atoms with E-state index in [4.69, 9.17) is 0 Å². The van der Waals surface area contributed by atoms with Crippen molar-refractivity contribution in [3.05, 3.63) is 71.9 Å². The highest BCUT2D eigenvalue weighted by Crippen LogP contribution is 2.31. The number of anilines is 1. The van der Waals surface area contributed by atoms with E-state index in [0.717, 1.165) is 11.3 Å². The lowest BCUT2D eigenvalue weighted by Crippen LogP contribution is -2.38. The van der Waals surface area contributed by atoms with E-state index in [1.165, 1.54) is 4.90 Å². The smallest absolute Gasteiger partial charge is 0.278 e. The number of nitrogens with one attached hydrogen (secondary N) is 1. The van der Waals surface area contributed by atoms with Gasteiger partial charge in [-0.15, -0.1) is 0 Å². The molecular weight excluding hydrogens is 288 g/mol. The number of carbonyl (C=O) groups is 2. The van der Waals surface area contributed by atoms with Crippen molar-refractivity contribution in [1.82, 2.24) is 4.90 Å². The molecule has 2 aromatic rings. The number of para-hydroxylation sites is 1. The van der Waals surface area contributed by atoms with E-state index >= 15 is 0 Å². The van der Waals surface area contributed by atoms with Crippen LogP contribution in [0.2, 0.25) is 0 Å². The van der Waals surface area contributed by atoms with Gasteiger partial charge in [0.1, 0.15) is 5.70 Å². The summed E-state index contributed by atoms with van der Waals surface area (Å²) in [7, 11) is 0. The average Bonchev–Trinajstić information content (AvgIpc) is 2.80. The Morgan fingerprint density at radius 2 is 1.39 bits per heavy atom. The van der Waals surface area contributed by atoms with Crippen molar-refractivity contribution < 1.29 is 9.59 Å². The monoisotopic (exact) mass is 306 g/mol. The molecule has 2 amide bonds. The molecule has 0 spiro atoms. The van der Waals surface area contributed by atoms with E-state index in [0.29, 0.717) is 11.3 Å². The topological polar surface area (TPSA) is 49.4 Å². The Morgan fingerprint density at radius 1 is 0.826 bits per heavy atom. The van der Waals surface area contributed by atoms with Crippen molar-refractivity contribution in [3.8, 4) is 0 Å². The minimum Gasteiger partial charge on any atom is -0.350 e. The van der Waals surface area contributed by atoms with Gasteiger partial charge < -0.3 is 5.32 Å². The third-order valence-electron chi connectivity index (χ3n) is 3.74. The number of nitrogens with zero attached hydrogens (tertiary/aromatic N) is 1. The Hall–Kier alpha value is -2.88. The van der Waals surface area contributed by atoms with Gasteiger partial charge in [-0.05, 0) is 31.5 Å². The molecule has 0 aromatic heterocycles. The van der Waals surface area contributed by atoms with Crippen LogP contribution < -0.4 is 5.32 Å². The summed E-state index contributed by atoms with van der Waals surface area (Å²) in [5, 5.41) is 3.12. The normalized spacial score (nSPS) is 14.8. The van der Waals surface area contributed by atoms with E-state index in [1.807, 2.05) is 74.5 Å². The zero-order valence-electron chi connectivity index (χ0n) is 13.1. The quantitative estimate of drug-likeness (QED) is 0.882. The molecule has 1 aliphatic heterocycles. The summed E-state index contributed by atoms with van der Waals surface area (Å²) < 4.78 is 0. The molecule has 3 rings (SSSR count). The summed E-state index contributed by atoms with van der Waals surface area (Å²) in [5.74, 6) is -0.540. The molecule has 0 saturated carbocycles. The molecular formula is C19H18N2O2. The van der Waals surface area contributed by atoms with Gasteiger partial charge in [-0.3, -0.25) is 14.5 Å². The van der Waals surface area contributed by atoms with Crippen LogP contribution in [0.4, 0.5) is 5.69 Å². The third kappa shape index (κ3) is 2.75. The number of benzene rings is 2. The lowest BCUT2D eigenvalue weighted by Gasteiger charge is -2.19. The molecule has 116 valence electrons. The van der Waals surface area contributed by atoms with Crippen LogP contribution in [0.5, 0.6) is 0 Å². The van der Waals surface area contributed by atoms with Crippen LogP contribution >= 0.6 is 0 Å². The SMILES string of the molecule is CC(C)N1C(=O)C(Nc2ccccc2)=C(c2ccccc2)C1=O. The Labute approximate surface area is 135 Å². The maximum atomic E-state index is 12.8. The van der Waals surface area contributed by atoms with E-state index in [1.54, 1.807) is 0 Å². The van der Waals surface area contributed by atoms with Gasteiger partial charge in [-0.2, -0.15) is 0 Å². The maximum Gasteiger partial charge on any atom is 0.278 e. The lowest BCUT2D eigenvalue weighted by atomic mass is 10.0. The van der Waals surface area contributed by atoms with Crippen LogP contribution in [0, 0.1) is 0 Å². The van der Waals surface area contributed by atoms with Gasteiger partial charge in [0.25, 0.3) is 11.8 Å². The van der Waals surface area contributed by atoms with Gasteiger partial charge in [-0.1, -0.05) is 48.5 Å². The first-order valence-corrected chi connectivity index (χ1v) is 7.59. The first-order chi connectivity index (χ1) is 11.1. The second-order valence-corrected chi connectivity index (χ2v) is 5.68. The van der Waals surface area contributed by atoms with Crippen LogP contribution in [0.15, 0.2) is 66.4 Å². The summed E-state index contributed by atoms with van der Waals surface area (Å²) in [4.78, 5) is 26.8. The number of carbonyl (C=O) groups excluding carboxylic acids is 2. The van der Waals surface area contributed by atoms with Crippen molar-refractivity contribution >= 4 is 23.1 Å². The van der Waals surface area contributed by atoms with E-state index in [9.17, 15) is 9.59 Å². The molecule has 4 nitrogen and oxygen atoms in total. The molecule has 4 heteroatoms. The van der Waals surface area contributed by atoms with Gasteiger partial charge >= 0.3 is 0 Å². The molecule has 0 fully saturated rings. The van der Waals surface area contributed by atoms with E-state index in [-0.39, 0.29) is 17.9 Å². The van der Waals surface area contributed by atoms with Gasteiger partial charge in [0.15, 0.2) is 0 Å². The fourth-order valence-corrected chi connectivity index (χ4v) is 2.67. The van der Waals surface area contributed by atoms with Crippen molar-refractivity contribution in [2.75, 3.05) is 5.32 Å². The first-order valence-electron chi connectivity index (χ1n) is 7.59. The molecule has 0 saturated heterocycles. The van der Waals surface area contributed by atoms with Gasteiger partial charge in [0.05, 0.1) is 5.57 Å². The number of hydrogen-bond donors (Lipinski definition) is 1. The highest BCUT2D eigenvalue weighted by molar-refractivity contribution is 6.36. The van der Waals surface area contributed by atoms with Crippen LogP contribution in [0.1, 0.15) is 19.4 Å². The summed E-state index contributed by atoms with van der Waals surface area (Å²) in [6.07, 6.45) is 0. The van der Waals surface area contributed by atoms with Gasteiger partial charge in [0.2, 0.25) is 0 Å². The fraction of sp³-hybridized carbons (Fsp3) is 0.158. The highest BCUT2D eigenvalue weighted by Gasteiger charge is 2.40. The summed E-state index contributed by atoms with van der Waals surface area (Å²) in [6, 6.07) is 18.5. The Kier molecular flexibility index (Phi) is 3.98. The summed E-state index contributed by atoms with van der Waals surface area (Å²) in [5.41, 5.74) is 2.28. The fourth-order valence-electron chi connectivity index (χ4n) is 2.67. The van der Waals surface area contributed by atoms with Crippen molar-refractivity contribution in [2.24, 2.45) is 0 Å². The molecule has 1 N–H and O–H groups in total. The van der Waals surface area contributed by atoms with Crippen LogP contribution in [0.3, 0.4) is 0 Å². The second kappa shape index (κ2) is 6.08. The Balaban J connectivity index is 2.09. The van der Waals surface area contributed by atoms with Crippen molar-refractivity contribution in [2.45, 2.75) is 19.9 Å². The predicted molar refractivity (Wildman–Crippen MR) is 90.4 cm³/mol. The lowest BCUT2D eigenvalue weighted by molar-refractivity contribution is -0.138. The standard InChI is InChI=1S/C19H18N2O2/c1-13(2)21-18(22)16(14-9-5-3-6-10-14)17(19(21)23)20-15-11-7-4-8-12-15/h3-13,20H,1-2H3. The van der Waals surface area contributed by atoms with Crippen LogP contribution in [0.25, 0.3) is 5.57 Å². The number of hydrogen-bond acceptors (Lipinski definition) is 3. The van der Waals surface area contributed by atoms with Crippen molar-refractivity contribution in [1.29, 1.82) is 0 Å².